The molecule has 0 aliphatic heterocycles. The topological polar surface area (TPSA) is 72.5 Å². The van der Waals surface area contributed by atoms with Crippen molar-refractivity contribution in [3.8, 4) is 11.3 Å². The molecule has 2 aromatic heterocycles. The largest absolute Gasteiger partial charge is 0.459 e. The van der Waals surface area contributed by atoms with Gasteiger partial charge in [0.1, 0.15) is 11.5 Å². The van der Waals surface area contributed by atoms with Crippen LogP contribution in [-0.4, -0.2) is 11.7 Å². The van der Waals surface area contributed by atoms with Gasteiger partial charge in [-0.15, -0.1) is 0 Å². The molecular weight excluding hydrogens is 437 g/mol. The number of nitrogens with one attached hydrogen (secondary N) is 1. The number of carbonyl (C=O) groups excluding carboxylic acids is 2. The highest BCUT2D eigenvalue weighted by atomic mass is 35.5. The van der Waals surface area contributed by atoms with E-state index in [0.29, 0.717) is 38.4 Å². The normalized spacial score (nSPS) is 11.0. The predicted molar refractivity (Wildman–Crippen MR) is 121 cm³/mol. The van der Waals surface area contributed by atoms with Crippen molar-refractivity contribution in [1.29, 1.82) is 0 Å². The average molecular weight is 452 g/mol. The van der Waals surface area contributed by atoms with Crippen LogP contribution in [0.1, 0.15) is 26.7 Å². The van der Waals surface area contributed by atoms with Crippen LogP contribution in [0.3, 0.4) is 0 Å². The number of furan rings is 2. The minimum atomic E-state index is -0.395. The lowest BCUT2D eigenvalue weighted by Gasteiger charge is -2.04. The molecule has 5 nitrogen and oxygen atoms in total. The zero-order valence-corrected chi connectivity index (χ0v) is 17.5. The third-order valence-electron chi connectivity index (χ3n) is 4.37. The summed E-state index contributed by atoms with van der Waals surface area (Å²) in [7, 11) is 0. The van der Waals surface area contributed by atoms with E-state index < -0.39 is 5.91 Å². The van der Waals surface area contributed by atoms with E-state index in [1.54, 1.807) is 72.8 Å². The molecule has 154 valence electrons. The Morgan fingerprint density at radius 3 is 2.61 bits per heavy atom. The molecule has 2 aromatic carbocycles. The van der Waals surface area contributed by atoms with Crippen molar-refractivity contribution >= 4 is 46.7 Å². The van der Waals surface area contributed by atoms with E-state index in [0.717, 1.165) is 0 Å². The number of hydrogen-bond acceptors (Lipinski definition) is 4. The van der Waals surface area contributed by atoms with Gasteiger partial charge in [-0.05, 0) is 66.7 Å². The number of anilines is 1. The first-order valence-corrected chi connectivity index (χ1v) is 9.98. The quantitative estimate of drug-likeness (QED) is 0.253. The first-order chi connectivity index (χ1) is 15.0. The number of hydrogen-bond donors (Lipinski definition) is 1. The Morgan fingerprint density at radius 1 is 0.935 bits per heavy atom. The fourth-order valence-electron chi connectivity index (χ4n) is 2.88. The molecule has 31 heavy (non-hydrogen) atoms. The van der Waals surface area contributed by atoms with E-state index in [9.17, 15) is 9.59 Å². The maximum absolute atomic E-state index is 12.6. The molecule has 0 saturated heterocycles. The molecule has 0 aliphatic carbocycles. The van der Waals surface area contributed by atoms with Gasteiger partial charge in [0.25, 0.3) is 5.91 Å². The summed E-state index contributed by atoms with van der Waals surface area (Å²) < 4.78 is 10.8. The molecule has 0 radical (unpaired) electrons. The first kappa shape index (κ1) is 20.7. The minimum Gasteiger partial charge on any atom is -0.459 e. The molecule has 0 aliphatic rings. The highest BCUT2D eigenvalue weighted by Gasteiger charge is 2.11. The van der Waals surface area contributed by atoms with Crippen molar-refractivity contribution in [2.24, 2.45) is 0 Å². The predicted octanol–water partition coefficient (Wildman–Crippen LogP) is 6.99. The lowest BCUT2D eigenvalue weighted by atomic mass is 10.1. The van der Waals surface area contributed by atoms with E-state index in [2.05, 4.69) is 5.32 Å². The molecule has 2 heterocycles. The van der Waals surface area contributed by atoms with Crippen LogP contribution in [0.4, 0.5) is 5.69 Å². The fourth-order valence-corrected chi connectivity index (χ4v) is 3.26. The summed E-state index contributed by atoms with van der Waals surface area (Å²) in [6, 6.07) is 18.4. The molecule has 4 rings (SSSR count). The molecule has 1 amide bonds. The lowest BCUT2D eigenvalue weighted by molar-refractivity contribution is 0.0994. The minimum absolute atomic E-state index is 0.185. The standard InChI is InChI=1S/C24H15Cl2NO4/c25-16-6-9-20(26)19(14-16)22-11-8-18(31-22)7-10-21(28)15-3-1-4-17(13-15)27-24(29)23-5-2-12-30-23/h1-14H,(H,27,29). The maximum atomic E-state index is 12.6. The van der Waals surface area contributed by atoms with Gasteiger partial charge in [0.2, 0.25) is 0 Å². The SMILES string of the molecule is O=C(C=Cc1ccc(-c2cc(Cl)ccc2Cl)o1)c1cccc(NC(=O)c2ccco2)c1. The number of carbonyl (C=O) groups is 2. The zero-order valence-electron chi connectivity index (χ0n) is 16.0. The van der Waals surface area contributed by atoms with Crippen LogP contribution in [0, 0.1) is 0 Å². The Morgan fingerprint density at radius 2 is 1.81 bits per heavy atom. The Bertz CT molecular complexity index is 1270. The van der Waals surface area contributed by atoms with Crippen LogP contribution in [-0.2, 0) is 0 Å². The number of ketones is 1. The Balaban J connectivity index is 1.47. The summed E-state index contributed by atoms with van der Waals surface area (Å²) in [6.45, 7) is 0. The number of allylic oxidation sites excluding steroid dienone is 1. The average Bonchev–Trinajstić information content (AvgIpc) is 3.46. The summed E-state index contributed by atoms with van der Waals surface area (Å²) in [5, 5.41) is 3.75. The summed E-state index contributed by atoms with van der Waals surface area (Å²) >= 11 is 12.2. The molecule has 0 unspecified atom stereocenters. The van der Waals surface area contributed by atoms with Gasteiger partial charge < -0.3 is 14.2 Å². The van der Waals surface area contributed by atoms with Crippen molar-refractivity contribution in [1.82, 2.24) is 0 Å². The van der Waals surface area contributed by atoms with Crippen LogP contribution in [0.25, 0.3) is 17.4 Å². The molecule has 0 fully saturated rings. The van der Waals surface area contributed by atoms with E-state index in [-0.39, 0.29) is 11.5 Å². The Kier molecular flexibility index (Phi) is 6.07. The van der Waals surface area contributed by atoms with Crippen LogP contribution in [0.2, 0.25) is 10.0 Å². The monoisotopic (exact) mass is 451 g/mol. The van der Waals surface area contributed by atoms with Crippen molar-refractivity contribution in [2.45, 2.75) is 0 Å². The van der Waals surface area contributed by atoms with Crippen molar-refractivity contribution < 1.29 is 18.4 Å². The maximum Gasteiger partial charge on any atom is 0.291 e. The van der Waals surface area contributed by atoms with Gasteiger partial charge in [-0.1, -0.05) is 35.3 Å². The van der Waals surface area contributed by atoms with Crippen molar-refractivity contribution in [2.75, 3.05) is 5.32 Å². The van der Waals surface area contributed by atoms with E-state index in [4.69, 9.17) is 32.0 Å². The summed E-state index contributed by atoms with van der Waals surface area (Å²) in [6.07, 6.45) is 4.38. The number of halogens is 2. The molecule has 0 atom stereocenters. The third-order valence-corrected chi connectivity index (χ3v) is 4.93. The molecule has 7 heteroatoms. The molecular formula is C24H15Cl2NO4. The van der Waals surface area contributed by atoms with Gasteiger partial charge in [-0.3, -0.25) is 9.59 Å². The van der Waals surface area contributed by atoms with Crippen molar-refractivity contribution in [3.63, 3.8) is 0 Å². The van der Waals surface area contributed by atoms with E-state index in [1.165, 1.54) is 12.3 Å². The Hall–Kier alpha value is -3.54. The second-order valence-corrected chi connectivity index (χ2v) is 7.38. The molecule has 4 aromatic rings. The summed E-state index contributed by atoms with van der Waals surface area (Å²) in [4.78, 5) is 24.7. The van der Waals surface area contributed by atoms with Gasteiger partial charge in [-0.25, -0.2) is 0 Å². The second-order valence-electron chi connectivity index (χ2n) is 6.54. The number of benzene rings is 2. The molecule has 0 bridgehead atoms. The Labute approximate surface area is 187 Å². The number of amides is 1. The first-order valence-electron chi connectivity index (χ1n) is 9.22. The lowest BCUT2D eigenvalue weighted by Crippen LogP contribution is -2.11. The van der Waals surface area contributed by atoms with Crippen molar-refractivity contribution in [3.05, 3.63) is 106 Å². The highest BCUT2D eigenvalue weighted by molar-refractivity contribution is 6.35. The van der Waals surface area contributed by atoms with E-state index >= 15 is 0 Å². The van der Waals surface area contributed by atoms with Gasteiger partial charge in [0.15, 0.2) is 11.5 Å². The fraction of sp³-hybridized carbons (Fsp3) is 0. The van der Waals surface area contributed by atoms with Gasteiger partial charge in [0, 0.05) is 21.8 Å². The smallest absolute Gasteiger partial charge is 0.291 e. The molecule has 0 spiro atoms. The second kappa shape index (κ2) is 9.08. The van der Waals surface area contributed by atoms with Crippen LogP contribution in [0.5, 0.6) is 0 Å². The summed E-state index contributed by atoms with van der Waals surface area (Å²) in [5.74, 6) is 0.578. The third kappa shape index (κ3) is 4.97. The summed E-state index contributed by atoms with van der Waals surface area (Å²) in [5.41, 5.74) is 1.56. The van der Waals surface area contributed by atoms with Crippen LogP contribution in [0.15, 0.2) is 87.9 Å². The van der Waals surface area contributed by atoms with E-state index in [1.807, 2.05) is 0 Å². The van der Waals surface area contributed by atoms with Gasteiger partial charge >= 0.3 is 0 Å². The van der Waals surface area contributed by atoms with Gasteiger partial charge in [-0.2, -0.15) is 0 Å². The zero-order chi connectivity index (χ0) is 21.8. The highest BCUT2D eigenvalue weighted by Crippen LogP contribution is 2.32. The number of rotatable bonds is 6. The van der Waals surface area contributed by atoms with Crippen LogP contribution < -0.4 is 5.32 Å². The van der Waals surface area contributed by atoms with Gasteiger partial charge in [0.05, 0.1) is 11.3 Å². The van der Waals surface area contributed by atoms with Crippen LogP contribution >= 0.6 is 23.2 Å². The molecule has 0 saturated carbocycles. The molecule has 1 N–H and O–H groups in total.